The molecule has 0 atom stereocenters. The van der Waals surface area contributed by atoms with Crippen molar-refractivity contribution < 1.29 is 15.0 Å². The Morgan fingerprint density at radius 2 is 1.88 bits per heavy atom. The van der Waals surface area contributed by atoms with Crippen molar-refractivity contribution in [1.29, 1.82) is 0 Å². The van der Waals surface area contributed by atoms with Crippen molar-refractivity contribution >= 4 is 5.97 Å². The van der Waals surface area contributed by atoms with Gasteiger partial charge in [0.25, 0.3) is 5.97 Å². The average molecular weight is 121 g/mol. The molecule has 0 heterocycles. The fraction of sp³-hybridized carbons (Fsp3) is 0.750. The maximum Gasteiger partial charge on any atom is 0.300 e. The molecule has 8 heavy (non-hydrogen) atoms. The van der Waals surface area contributed by atoms with Crippen LogP contribution in [0, 0.1) is 0 Å². The smallest absolute Gasteiger partial charge is 0.300 e. The van der Waals surface area contributed by atoms with Crippen LogP contribution in [-0.2, 0) is 4.79 Å². The predicted molar refractivity (Wildman–Crippen MR) is 29.5 cm³/mol. The highest BCUT2D eigenvalue weighted by molar-refractivity contribution is 5.62. The fourth-order valence-electron chi connectivity index (χ4n) is 0. The normalized spacial score (nSPS) is 6.88. The highest BCUT2D eigenvalue weighted by atomic mass is 16.4. The number of nitrogens with one attached hydrogen (secondary N) is 1. The van der Waals surface area contributed by atoms with E-state index in [2.05, 4.69) is 5.32 Å². The third-order valence-corrected chi connectivity index (χ3v) is 0.158. The molecule has 0 fully saturated rings. The van der Waals surface area contributed by atoms with Crippen LogP contribution in [-0.4, -0.2) is 30.0 Å². The molecule has 0 rings (SSSR count). The number of aliphatic carboxylic acids is 1. The molecule has 0 saturated carbocycles. The lowest BCUT2D eigenvalue weighted by molar-refractivity contribution is -0.134. The lowest BCUT2D eigenvalue weighted by Crippen LogP contribution is -2.04. The van der Waals surface area contributed by atoms with E-state index in [1.165, 1.54) is 0 Å². The number of carbonyl (C=O) groups is 1. The van der Waals surface area contributed by atoms with Crippen molar-refractivity contribution in [2.45, 2.75) is 6.92 Å². The minimum absolute atomic E-state index is 0.0694. The quantitative estimate of drug-likeness (QED) is 0.399. The molecule has 0 aliphatic carbocycles. The average Bonchev–Trinajstić information content (AvgIpc) is 1.65. The molecular formula is C4H11NO3. The number of rotatable bonds is 1. The standard InChI is InChI=1S/C2H7NO.C2H4O2/c1-3-2-4;1-2(3)4/h3-4H,2H2,1H3;1H3,(H,3,4). The second-order valence-electron chi connectivity index (χ2n) is 1.03. The summed E-state index contributed by atoms with van der Waals surface area (Å²) in [5.74, 6) is -0.833. The third kappa shape index (κ3) is 683. The van der Waals surface area contributed by atoms with Gasteiger partial charge >= 0.3 is 0 Å². The summed E-state index contributed by atoms with van der Waals surface area (Å²) < 4.78 is 0. The van der Waals surface area contributed by atoms with E-state index in [1.54, 1.807) is 7.05 Å². The van der Waals surface area contributed by atoms with Crippen molar-refractivity contribution in [2.24, 2.45) is 0 Å². The molecule has 0 unspecified atom stereocenters. The number of aliphatic hydroxyl groups is 1. The van der Waals surface area contributed by atoms with Gasteiger partial charge in [-0.3, -0.25) is 10.1 Å². The summed E-state index contributed by atoms with van der Waals surface area (Å²) in [6.07, 6.45) is 0. The molecule has 4 nitrogen and oxygen atoms in total. The van der Waals surface area contributed by atoms with Gasteiger partial charge in [0.1, 0.15) is 0 Å². The minimum atomic E-state index is -0.833. The molecular weight excluding hydrogens is 110 g/mol. The number of hydrogen-bond donors (Lipinski definition) is 3. The first-order valence-corrected chi connectivity index (χ1v) is 2.10. The number of hydrogen-bond acceptors (Lipinski definition) is 3. The van der Waals surface area contributed by atoms with Crippen LogP contribution in [0.5, 0.6) is 0 Å². The van der Waals surface area contributed by atoms with E-state index >= 15 is 0 Å². The van der Waals surface area contributed by atoms with E-state index in [4.69, 9.17) is 15.0 Å². The van der Waals surface area contributed by atoms with Gasteiger partial charge in [0, 0.05) is 6.92 Å². The van der Waals surface area contributed by atoms with Crippen molar-refractivity contribution in [2.75, 3.05) is 13.8 Å². The Hall–Kier alpha value is -0.610. The van der Waals surface area contributed by atoms with Gasteiger partial charge in [0.05, 0.1) is 6.73 Å². The van der Waals surface area contributed by atoms with Crippen LogP contribution in [0.4, 0.5) is 0 Å². The number of aliphatic hydroxyl groups excluding tert-OH is 1. The Balaban J connectivity index is 0. The van der Waals surface area contributed by atoms with Gasteiger partial charge in [0.2, 0.25) is 0 Å². The molecule has 3 N–H and O–H groups in total. The highest BCUT2D eigenvalue weighted by Gasteiger charge is 1.65. The first-order chi connectivity index (χ1) is 3.65. The van der Waals surface area contributed by atoms with Crippen molar-refractivity contribution in [3.63, 3.8) is 0 Å². The van der Waals surface area contributed by atoms with Crippen LogP contribution in [0.1, 0.15) is 6.92 Å². The maximum absolute atomic E-state index is 9.00. The zero-order valence-corrected chi connectivity index (χ0v) is 5.01. The third-order valence-electron chi connectivity index (χ3n) is 0.158. The van der Waals surface area contributed by atoms with Crippen LogP contribution in [0.3, 0.4) is 0 Å². The Kier molecular flexibility index (Phi) is 12.5. The summed E-state index contributed by atoms with van der Waals surface area (Å²) >= 11 is 0. The molecule has 0 aromatic rings. The van der Waals surface area contributed by atoms with Crippen molar-refractivity contribution in [3.8, 4) is 0 Å². The Labute approximate surface area is 48.1 Å². The first-order valence-electron chi connectivity index (χ1n) is 2.10. The predicted octanol–water partition coefficient (Wildman–Crippen LogP) is -0.754. The molecule has 4 heteroatoms. The maximum atomic E-state index is 9.00. The molecule has 0 aromatic heterocycles. The second-order valence-corrected chi connectivity index (χ2v) is 1.03. The van der Waals surface area contributed by atoms with Gasteiger partial charge in [-0.1, -0.05) is 0 Å². The van der Waals surface area contributed by atoms with Gasteiger partial charge in [-0.15, -0.1) is 0 Å². The zero-order valence-electron chi connectivity index (χ0n) is 5.01. The number of carboxylic acids is 1. The molecule has 0 saturated heterocycles. The van der Waals surface area contributed by atoms with E-state index in [0.29, 0.717) is 0 Å². The van der Waals surface area contributed by atoms with E-state index in [-0.39, 0.29) is 6.73 Å². The molecule has 0 aromatic carbocycles. The lowest BCUT2D eigenvalue weighted by atomic mass is 10.9. The largest absolute Gasteiger partial charge is 0.481 e. The summed E-state index contributed by atoms with van der Waals surface area (Å²) in [4.78, 5) is 9.00. The SMILES string of the molecule is CC(=O)O.CNCO. The topological polar surface area (TPSA) is 69.6 Å². The van der Waals surface area contributed by atoms with Gasteiger partial charge in [-0.25, -0.2) is 0 Å². The first kappa shape index (κ1) is 10.4. The minimum Gasteiger partial charge on any atom is -0.481 e. The Bertz CT molecular complexity index is 49.2. The van der Waals surface area contributed by atoms with E-state index in [0.717, 1.165) is 6.92 Å². The van der Waals surface area contributed by atoms with Crippen molar-refractivity contribution in [3.05, 3.63) is 0 Å². The summed E-state index contributed by atoms with van der Waals surface area (Å²) in [5.41, 5.74) is 0. The highest BCUT2D eigenvalue weighted by Crippen LogP contribution is 1.42. The van der Waals surface area contributed by atoms with Crippen LogP contribution >= 0.6 is 0 Å². The second kappa shape index (κ2) is 9.63. The lowest BCUT2D eigenvalue weighted by Gasteiger charge is -1.76. The molecule has 0 aliphatic rings. The molecule has 0 bridgehead atoms. The monoisotopic (exact) mass is 121 g/mol. The van der Waals surface area contributed by atoms with E-state index in [1.807, 2.05) is 0 Å². The van der Waals surface area contributed by atoms with E-state index in [9.17, 15) is 0 Å². The van der Waals surface area contributed by atoms with Crippen LogP contribution < -0.4 is 5.32 Å². The summed E-state index contributed by atoms with van der Waals surface area (Å²) in [6, 6.07) is 0. The van der Waals surface area contributed by atoms with Gasteiger partial charge in [-0.05, 0) is 7.05 Å². The number of carboxylic acid groups (broad SMARTS) is 1. The Morgan fingerprint density at radius 3 is 1.88 bits per heavy atom. The van der Waals surface area contributed by atoms with E-state index < -0.39 is 5.97 Å². The van der Waals surface area contributed by atoms with Crippen LogP contribution in [0.2, 0.25) is 0 Å². The zero-order chi connectivity index (χ0) is 6.99. The fourth-order valence-corrected chi connectivity index (χ4v) is 0. The van der Waals surface area contributed by atoms with Crippen molar-refractivity contribution in [1.82, 2.24) is 5.32 Å². The summed E-state index contributed by atoms with van der Waals surface area (Å²) in [7, 11) is 1.68. The molecule has 50 valence electrons. The molecule has 0 spiro atoms. The van der Waals surface area contributed by atoms with Gasteiger partial charge < -0.3 is 10.2 Å². The Morgan fingerprint density at radius 1 is 1.75 bits per heavy atom. The van der Waals surface area contributed by atoms with Crippen LogP contribution in [0.15, 0.2) is 0 Å². The van der Waals surface area contributed by atoms with Crippen LogP contribution in [0.25, 0.3) is 0 Å². The van der Waals surface area contributed by atoms with Gasteiger partial charge in [-0.2, -0.15) is 0 Å². The van der Waals surface area contributed by atoms with Gasteiger partial charge in [0.15, 0.2) is 0 Å². The summed E-state index contributed by atoms with van der Waals surface area (Å²) in [5, 5.41) is 17.7. The molecule has 0 aliphatic heterocycles. The molecule has 0 radical (unpaired) electrons. The summed E-state index contributed by atoms with van der Waals surface area (Å²) in [6.45, 7) is 1.15. The molecule has 0 amide bonds.